The van der Waals surface area contributed by atoms with Crippen molar-refractivity contribution < 1.29 is 0 Å². The van der Waals surface area contributed by atoms with Crippen LogP contribution in [0.5, 0.6) is 0 Å². The Labute approximate surface area is 82.0 Å². The molecule has 0 spiro atoms. The van der Waals surface area contributed by atoms with Crippen LogP contribution >= 0.6 is 0 Å². The van der Waals surface area contributed by atoms with Crippen LogP contribution in [0.1, 0.15) is 11.1 Å². The summed E-state index contributed by atoms with van der Waals surface area (Å²) in [6.45, 7) is 3.82. The Bertz CT molecular complexity index is 508. The molecule has 1 N–H and O–H groups in total. The number of aromatic nitrogens is 2. The third-order valence-electron chi connectivity index (χ3n) is 2.28. The van der Waals surface area contributed by atoms with Crippen molar-refractivity contribution in [2.24, 2.45) is 0 Å². The Balaban J connectivity index is 2.60. The van der Waals surface area contributed by atoms with E-state index in [0.717, 1.165) is 16.8 Å². The molecule has 0 saturated heterocycles. The maximum atomic E-state index is 11.2. The van der Waals surface area contributed by atoms with Gasteiger partial charge in [0.25, 0.3) is 5.56 Å². The summed E-state index contributed by atoms with van der Waals surface area (Å²) < 4.78 is 1.76. The number of benzene rings is 1. The third-order valence-corrected chi connectivity index (χ3v) is 2.28. The molecule has 3 nitrogen and oxygen atoms in total. The first-order valence-corrected chi connectivity index (χ1v) is 4.53. The van der Waals surface area contributed by atoms with Crippen molar-refractivity contribution in [1.82, 2.24) is 9.78 Å². The van der Waals surface area contributed by atoms with Gasteiger partial charge in [0, 0.05) is 11.8 Å². The molecule has 0 aliphatic carbocycles. The molecule has 1 aromatic heterocycles. The molecule has 0 saturated carbocycles. The van der Waals surface area contributed by atoms with Gasteiger partial charge in [-0.1, -0.05) is 18.2 Å². The minimum Gasteiger partial charge on any atom is -0.268 e. The number of rotatable bonds is 1. The van der Waals surface area contributed by atoms with Gasteiger partial charge in [0.15, 0.2) is 0 Å². The van der Waals surface area contributed by atoms with E-state index in [9.17, 15) is 4.79 Å². The van der Waals surface area contributed by atoms with Crippen LogP contribution in [0.4, 0.5) is 0 Å². The van der Waals surface area contributed by atoms with E-state index in [1.165, 1.54) is 0 Å². The average molecular weight is 188 g/mol. The second-order valence-electron chi connectivity index (χ2n) is 3.41. The lowest BCUT2D eigenvalue weighted by Gasteiger charge is -2.04. The highest BCUT2D eigenvalue weighted by molar-refractivity contribution is 5.39. The van der Waals surface area contributed by atoms with Crippen LogP contribution in [0.25, 0.3) is 5.69 Å². The van der Waals surface area contributed by atoms with Crippen molar-refractivity contribution in [3.05, 3.63) is 51.9 Å². The number of nitrogens with zero attached hydrogens (tertiary/aromatic N) is 1. The number of H-pyrrole nitrogens is 1. The van der Waals surface area contributed by atoms with E-state index < -0.39 is 0 Å². The summed E-state index contributed by atoms with van der Waals surface area (Å²) in [4.78, 5) is 11.2. The maximum Gasteiger partial charge on any atom is 0.267 e. The zero-order chi connectivity index (χ0) is 10.1. The van der Waals surface area contributed by atoms with E-state index in [-0.39, 0.29) is 5.56 Å². The molecule has 0 bridgehead atoms. The molecule has 0 atom stereocenters. The fourth-order valence-corrected chi connectivity index (χ4v) is 1.45. The number of aromatic amines is 1. The van der Waals surface area contributed by atoms with Crippen LogP contribution in [0.15, 0.2) is 35.3 Å². The predicted molar refractivity (Wildman–Crippen MR) is 55.9 cm³/mol. The molecule has 0 amide bonds. The fraction of sp³-hybridized carbons (Fsp3) is 0.182. The minimum absolute atomic E-state index is 0.0340. The summed E-state index contributed by atoms with van der Waals surface area (Å²) in [6, 6.07) is 7.93. The minimum atomic E-state index is -0.0340. The van der Waals surface area contributed by atoms with Gasteiger partial charge in [0.1, 0.15) is 0 Å². The molecule has 72 valence electrons. The fourth-order valence-electron chi connectivity index (χ4n) is 1.45. The Morgan fingerprint density at radius 1 is 1.14 bits per heavy atom. The van der Waals surface area contributed by atoms with E-state index >= 15 is 0 Å². The first-order chi connectivity index (χ1) is 6.68. The number of hydrogen-bond acceptors (Lipinski definition) is 1. The molecule has 2 rings (SSSR count). The summed E-state index contributed by atoms with van der Waals surface area (Å²) in [5.74, 6) is 0. The molecular formula is C11H12N2O. The molecule has 14 heavy (non-hydrogen) atoms. The van der Waals surface area contributed by atoms with Gasteiger partial charge in [0.05, 0.1) is 5.69 Å². The highest BCUT2D eigenvalue weighted by Crippen LogP contribution is 2.11. The number of para-hydroxylation sites is 1. The van der Waals surface area contributed by atoms with Crippen molar-refractivity contribution in [2.45, 2.75) is 13.8 Å². The van der Waals surface area contributed by atoms with Gasteiger partial charge in [0.2, 0.25) is 0 Å². The summed E-state index contributed by atoms with van der Waals surface area (Å²) in [5.41, 5.74) is 2.85. The zero-order valence-electron chi connectivity index (χ0n) is 8.24. The van der Waals surface area contributed by atoms with Gasteiger partial charge in [-0.15, -0.1) is 0 Å². The Morgan fingerprint density at radius 3 is 2.43 bits per heavy atom. The van der Waals surface area contributed by atoms with Crippen LogP contribution in [0.2, 0.25) is 0 Å². The standard InChI is InChI=1S/C11H12N2O/c1-8-5-3-4-6-10(8)13-7-9(2)11(14)12-13/h3-7H,1-2H3,(H,12,14). The van der Waals surface area contributed by atoms with Crippen molar-refractivity contribution in [1.29, 1.82) is 0 Å². The van der Waals surface area contributed by atoms with Gasteiger partial charge in [-0.05, 0) is 25.5 Å². The number of nitrogens with one attached hydrogen (secondary N) is 1. The lowest BCUT2D eigenvalue weighted by Crippen LogP contribution is -2.05. The third kappa shape index (κ3) is 1.37. The van der Waals surface area contributed by atoms with E-state index in [1.807, 2.05) is 37.4 Å². The average Bonchev–Trinajstić information content (AvgIpc) is 2.48. The van der Waals surface area contributed by atoms with Crippen LogP contribution in [0.3, 0.4) is 0 Å². The van der Waals surface area contributed by atoms with Crippen molar-refractivity contribution in [2.75, 3.05) is 0 Å². The summed E-state index contributed by atoms with van der Waals surface area (Å²) >= 11 is 0. The topological polar surface area (TPSA) is 37.8 Å². The molecule has 3 heteroatoms. The quantitative estimate of drug-likeness (QED) is 0.727. The Hall–Kier alpha value is -1.77. The van der Waals surface area contributed by atoms with Gasteiger partial charge in [-0.2, -0.15) is 0 Å². The molecule has 1 aromatic carbocycles. The van der Waals surface area contributed by atoms with Gasteiger partial charge in [-0.3, -0.25) is 14.6 Å². The molecule has 0 aliphatic rings. The SMILES string of the molecule is Cc1ccccc1-n1cc(C)c(=O)[nH]1. The van der Waals surface area contributed by atoms with E-state index in [2.05, 4.69) is 5.10 Å². The van der Waals surface area contributed by atoms with Gasteiger partial charge in [-0.25, -0.2) is 0 Å². The van der Waals surface area contributed by atoms with Crippen LogP contribution in [-0.4, -0.2) is 9.78 Å². The largest absolute Gasteiger partial charge is 0.268 e. The maximum absolute atomic E-state index is 11.2. The molecule has 2 aromatic rings. The van der Waals surface area contributed by atoms with Crippen molar-refractivity contribution in [3.63, 3.8) is 0 Å². The van der Waals surface area contributed by atoms with Crippen molar-refractivity contribution in [3.8, 4) is 5.69 Å². The van der Waals surface area contributed by atoms with Crippen LogP contribution in [-0.2, 0) is 0 Å². The monoisotopic (exact) mass is 188 g/mol. The number of aryl methyl sites for hydroxylation is 2. The first-order valence-electron chi connectivity index (χ1n) is 4.53. The van der Waals surface area contributed by atoms with Crippen molar-refractivity contribution >= 4 is 0 Å². The smallest absolute Gasteiger partial charge is 0.267 e. The molecule has 0 aliphatic heterocycles. The lowest BCUT2D eigenvalue weighted by molar-refractivity contribution is 0.857. The molecule has 0 radical (unpaired) electrons. The normalized spacial score (nSPS) is 10.4. The van der Waals surface area contributed by atoms with E-state index in [1.54, 1.807) is 11.6 Å². The summed E-state index contributed by atoms with van der Waals surface area (Å²) in [5, 5.41) is 2.76. The van der Waals surface area contributed by atoms with Gasteiger partial charge >= 0.3 is 0 Å². The highest BCUT2D eigenvalue weighted by Gasteiger charge is 2.02. The Morgan fingerprint density at radius 2 is 1.86 bits per heavy atom. The second kappa shape index (κ2) is 3.18. The lowest BCUT2D eigenvalue weighted by atomic mass is 10.2. The number of hydrogen-bond donors (Lipinski definition) is 1. The van der Waals surface area contributed by atoms with Gasteiger partial charge < -0.3 is 0 Å². The van der Waals surface area contributed by atoms with E-state index in [4.69, 9.17) is 0 Å². The zero-order valence-corrected chi connectivity index (χ0v) is 8.24. The highest BCUT2D eigenvalue weighted by atomic mass is 16.1. The first kappa shape index (κ1) is 8.81. The predicted octanol–water partition coefficient (Wildman–Crippen LogP) is 1.78. The molecule has 1 heterocycles. The van der Waals surface area contributed by atoms with E-state index in [0.29, 0.717) is 0 Å². The Kier molecular flexibility index (Phi) is 2.00. The second-order valence-corrected chi connectivity index (χ2v) is 3.41. The van der Waals surface area contributed by atoms with Crippen LogP contribution < -0.4 is 5.56 Å². The van der Waals surface area contributed by atoms with Crippen LogP contribution in [0, 0.1) is 13.8 Å². The summed E-state index contributed by atoms with van der Waals surface area (Å²) in [6.07, 6.45) is 1.81. The molecule has 0 unspecified atom stereocenters. The molecular weight excluding hydrogens is 176 g/mol. The molecule has 0 fully saturated rings. The summed E-state index contributed by atoms with van der Waals surface area (Å²) in [7, 11) is 0.